The van der Waals surface area contributed by atoms with Crippen LogP contribution in [0, 0.1) is 12.8 Å². The Morgan fingerprint density at radius 2 is 1.81 bits per heavy atom. The summed E-state index contributed by atoms with van der Waals surface area (Å²) < 4.78 is 35.1. The summed E-state index contributed by atoms with van der Waals surface area (Å²) >= 11 is 0. The monoisotopic (exact) mass is 459 g/mol. The van der Waals surface area contributed by atoms with E-state index in [4.69, 9.17) is 4.74 Å². The Morgan fingerprint density at radius 1 is 1.12 bits per heavy atom. The van der Waals surface area contributed by atoms with Crippen LogP contribution in [-0.4, -0.2) is 44.9 Å². The molecule has 1 N–H and O–H groups in total. The van der Waals surface area contributed by atoms with E-state index in [9.17, 15) is 13.2 Å². The molecule has 1 unspecified atom stereocenters. The van der Waals surface area contributed by atoms with Gasteiger partial charge < -0.3 is 10.1 Å². The Labute approximate surface area is 191 Å². The fourth-order valence-corrected chi connectivity index (χ4v) is 5.62. The van der Waals surface area contributed by atoms with Crippen molar-refractivity contribution in [1.29, 1.82) is 0 Å². The van der Waals surface area contributed by atoms with Crippen LogP contribution >= 0.6 is 0 Å². The molecule has 0 radical (unpaired) electrons. The minimum Gasteiger partial charge on any atom is -0.494 e. The zero-order chi connectivity index (χ0) is 23.1. The summed E-state index contributed by atoms with van der Waals surface area (Å²) in [5.74, 6) is 0.241. The summed E-state index contributed by atoms with van der Waals surface area (Å²) in [7, 11) is -3.74. The number of aryl methyl sites for hydroxylation is 1. The number of piperidine rings is 1. The van der Waals surface area contributed by atoms with Crippen molar-refractivity contribution in [3.8, 4) is 5.75 Å². The molecule has 1 amide bonds. The van der Waals surface area contributed by atoms with Gasteiger partial charge in [0, 0.05) is 26.2 Å². The smallest absolute Gasteiger partial charge is 0.304 e. The molecule has 1 aliphatic heterocycles. The number of benzene rings is 2. The molecule has 1 heterocycles. The van der Waals surface area contributed by atoms with Gasteiger partial charge in [0.2, 0.25) is 5.91 Å². The fourth-order valence-electron chi connectivity index (χ4n) is 3.90. The number of hydrogen-bond donors (Lipinski definition) is 1. The average molecular weight is 460 g/mol. The summed E-state index contributed by atoms with van der Waals surface area (Å²) in [5.41, 5.74) is 2.78. The molecular weight excluding hydrogens is 426 g/mol. The normalized spacial score (nSPS) is 17.0. The first-order valence-electron chi connectivity index (χ1n) is 11.2. The molecule has 0 aromatic heterocycles. The van der Waals surface area contributed by atoms with Crippen LogP contribution in [0.15, 0.2) is 48.5 Å². The molecule has 1 atom stereocenters. The first-order valence-corrected chi connectivity index (χ1v) is 12.6. The highest BCUT2D eigenvalue weighted by Crippen LogP contribution is 2.27. The molecule has 0 aliphatic carbocycles. The molecule has 8 heteroatoms. The van der Waals surface area contributed by atoms with Crippen LogP contribution in [-0.2, 0) is 21.5 Å². The highest BCUT2D eigenvalue weighted by atomic mass is 32.2. The average Bonchev–Trinajstić information content (AvgIpc) is 2.80. The maximum atomic E-state index is 13.4. The van der Waals surface area contributed by atoms with E-state index in [2.05, 4.69) is 5.32 Å². The van der Waals surface area contributed by atoms with E-state index in [-0.39, 0.29) is 18.4 Å². The highest BCUT2D eigenvalue weighted by molar-refractivity contribution is 7.90. The topological polar surface area (TPSA) is 79.0 Å². The second-order valence-electron chi connectivity index (χ2n) is 8.00. The predicted octanol–water partition coefficient (Wildman–Crippen LogP) is 3.49. The molecular formula is C24H33N3O4S. The molecule has 174 valence electrons. The summed E-state index contributed by atoms with van der Waals surface area (Å²) in [4.78, 5) is 12.8. The van der Waals surface area contributed by atoms with Crippen molar-refractivity contribution in [2.24, 2.45) is 5.92 Å². The van der Waals surface area contributed by atoms with Crippen molar-refractivity contribution in [2.75, 3.05) is 30.5 Å². The summed E-state index contributed by atoms with van der Waals surface area (Å²) in [6.07, 6.45) is 1.34. The molecule has 7 nitrogen and oxygen atoms in total. The third-order valence-corrected chi connectivity index (χ3v) is 7.68. The van der Waals surface area contributed by atoms with E-state index in [1.807, 2.05) is 45.0 Å². The second kappa shape index (κ2) is 10.8. The van der Waals surface area contributed by atoms with Crippen LogP contribution < -0.4 is 14.4 Å². The molecule has 0 spiro atoms. The standard InChI is InChI=1S/C24H33N3O4S/c1-4-27(22-12-14-23(15-13-22)31-5-2)32(29,30)26-16-6-7-21(18-26)24(28)25-17-20-10-8-19(3)9-11-20/h8-15,21H,4-7,16-18H2,1-3H3,(H,25,28). The molecule has 0 bridgehead atoms. The van der Waals surface area contributed by atoms with Gasteiger partial charge in [-0.2, -0.15) is 12.7 Å². The number of nitrogens with zero attached hydrogens (tertiary/aromatic N) is 2. The van der Waals surface area contributed by atoms with E-state index in [0.717, 1.165) is 5.56 Å². The molecule has 2 aromatic carbocycles. The van der Waals surface area contributed by atoms with Gasteiger partial charge >= 0.3 is 10.2 Å². The summed E-state index contributed by atoms with van der Waals surface area (Å²) in [5, 5.41) is 2.97. The maximum absolute atomic E-state index is 13.4. The van der Waals surface area contributed by atoms with Crippen molar-refractivity contribution in [2.45, 2.75) is 40.2 Å². The second-order valence-corrected chi connectivity index (χ2v) is 9.85. The number of carbonyl (C=O) groups is 1. The number of nitrogens with one attached hydrogen (secondary N) is 1. The van der Waals surface area contributed by atoms with E-state index >= 15 is 0 Å². The SMILES string of the molecule is CCOc1ccc(N(CC)S(=O)(=O)N2CCCC(C(=O)NCc3ccc(C)cc3)C2)cc1. The van der Waals surface area contributed by atoms with Gasteiger partial charge in [0.25, 0.3) is 0 Å². The Hall–Kier alpha value is -2.58. The van der Waals surface area contributed by atoms with Crippen LogP contribution in [0.25, 0.3) is 0 Å². The lowest BCUT2D eigenvalue weighted by atomic mass is 9.98. The molecule has 1 saturated heterocycles. The summed E-state index contributed by atoms with van der Waals surface area (Å²) in [6, 6.07) is 15.0. The van der Waals surface area contributed by atoms with Crippen LogP contribution in [0.2, 0.25) is 0 Å². The van der Waals surface area contributed by atoms with Crippen LogP contribution in [0.3, 0.4) is 0 Å². The molecule has 2 aromatic rings. The Morgan fingerprint density at radius 3 is 2.44 bits per heavy atom. The first kappa shape index (κ1) is 24.1. The van der Waals surface area contributed by atoms with Crippen LogP contribution in [0.4, 0.5) is 5.69 Å². The van der Waals surface area contributed by atoms with Gasteiger partial charge in [0.1, 0.15) is 5.75 Å². The number of anilines is 1. The lowest BCUT2D eigenvalue weighted by Crippen LogP contribution is -2.50. The van der Waals surface area contributed by atoms with Gasteiger partial charge in [0.05, 0.1) is 18.2 Å². The van der Waals surface area contributed by atoms with E-state index < -0.39 is 10.2 Å². The number of amides is 1. The van der Waals surface area contributed by atoms with Gasteiger partial charge in [-0.05, 0) is 63.4 Å². The van der Waals surface area contributed by atoms with Crippen molar-refractivity contribution in [1.82, 2.24) is 9.62 Å². The van der Waals surface area contributed by atoms with E-state index in [0.29, 0.717) is 50.5 Å². The Balaban J connectivity index is 1.66. The molecule has 32 heavy (non-hydrogen) atoms. The van der Waals surface area contributed by atoms with Gasteiger partial charge in [-0.3, -0.25) is 9.10 Å². The number of ether oxygens (including phenoxy) is 1. The van der Waals surface area contributed by atoms with Gasteiger partial charge in [0.15, 0.2) is 0 Å². The largest absolute Gasteiger partial charge is 0.494 e. The van der Waals surface area contributed by atoms with Crippen molar-refractivity contribution in [3.63, 3.8) is 0 Å². The number of hydrogen-bond acceptors (Lipinski definition) is 4. The van der Waals surface area contributed by atoms with Crippen molar-refractivity contribution < 1.29 is 17.9 Å². The van der Waals surface area contributed by atoms with Crippen molar-refractivity contribution >= 4 is 21.8 Å². The maximum Gasteiger partial charge on any atom is 0.304 e. The molecule has 3 rings (SSSR count). The van der Waals surface area contributed by atoms with Crippen molar-refractivity contribution in [3.05, 3.63) is 59.7 Å². The quantitative estimate of drug-likeness (QED) is 0.623. The third-order valence-electron chi connectivity index (χ3n) is 5.67. The first-order chi connectivity index (χ1) is 15.3. The van der Waals surface area contributed by atoms with E-state index in [1.165, 1.54) is 14.2 Å². The minimum absolute atomic E-state index is 0.102. The number of rotatable bonds is 9. The fraction of sp³-hybridized carbons (Fsp3) is 0.458. The van der Waals surface area contributed by atoms with Crippen LogP contribution in [0.5, 0.6) is 5.75 Å². The Kier molecular flexibility index (Phi) is 8.15. The molecule has 1 fully saturated rings. The van der Waals surface area contributed by atoms with E-state index in [1.54, 1.807) is 24.3 Å². The van der Waals surface area contributed by atoms with Gasteiger partial charge in [-0.15, -0.1) is 0 Å². The third kappa shape index (κ3) is 5.81. The minimum atomic E-state index is -3.74. The van der Waals surface area contributed by atoms with Gasteiger partial charge in [-0.1, -0.05) is 29.8 Å². The van der Waals surface area contributed by atoms with Gasteiger partial charge in [-0.25, -0.2) is 0 Å². The lowest BCUT2D eigenvalue weighted by molar-refractivity contribution is -0.126. The summed E-state index contributed by atoms with van der Waals surface area (Å²) in [6.45, 7) is 7.63. The Bertz CT molecular complexity index is 991. The molecule has 1 aliphatic rings. The van der Waals surface area contributed by atoms with Crippen LogP contribution in [0.1, 0.15) is 37.8 Å². The zero-order valence-electron chi connectivity index (χ0n) is 19.1. The molecule has 0 saturated carbocycles. The predicted molar refractivity (Wildman–Crippen MR) is 127 cm³/mol. The lowest BCUT2D eigenvalue weighted by Gasteiger charge is -2.35. The number of carbonyl (C=O) groups excluding carboxylic acids is 1. The highest BCUT2D eigenvalue weighted by Gasteiger charge is 2.35. The zero-order valence-corrected chi connectivity index (χ0v) is 19.9.